The van der Waals surface area contributed by atoms with E-state index in [-0.39, 0.29) is 33.9 Å². The summed E-state index contributed by atoms with van der Waals surface area (Å²) in [6, 6.07) is -0.126. The largest absolute Gasteiger partial charge is 0.274 e. The Bertz CT molecular complexity index is 567. The lowest BCUT2D eigenvalue weighted by Gasteiger charge is -2.41. The third-order valence-electron chi connectivity index (χ3n) is 6.86. The lowest BCUT2D eigenvalue weighted by molar-refractivity contribution is -0.127. The van der Waals surface area contributed by atoms with Crippen LogP contribution in [0.3, 0.4) is 0 Å². The smallest absolute Gasteiger partial charge is 0.238 e. The summed E-state index contributed by atoms with van der Waals surface area (Å²) in [6.07, 6.45) is 1.89. The Balaban J connectivity index is 2.23. The van der Waals surface area contributed by atoms with Gasteiger partial charge in [0.05, 0.1) is 11.8 Å². The van der Waals surface area contributed by atoms with Crippen molar-refractivity contribution in [2.45, 2.75) is 53.5 Å². The number of nitrogens with zero attached hydrogens (tertiary/aromatic N) is 1. The topological polar surface area (TPSA) is 54.5 Å². The van der Waals surface area contributed by atoms with Crippen LogP contribution in [0.5, 0.6) is 0 Å². The Morgan fingerprint density at radius 1 is 1.21 bits per heavy atom. The van der Waals surface area contributed by atoms with Crippen LogP contribution in [0, 0.1) is 22.2 Å². The minimum Gasteiger partial charge on any atom is -0.274 e. The van der Waals surface area contributed by atoms with Gasteiger partial charge in [0, 0.05) is 12.3 Å². The highest BCUT2D eigenvalue weighted by molar-refractivity contribution is 7.90. The van der Waals surface area contributed by atoms with Gasteiger partial charge in [0.15, 0.2) is 0 Å². The molecule has 0 aromatic heterocycles. The number of carbonyl (C=O) groups excluding carboxylic acids is 1. The molecule has 3 aliphatic rings. The molecule has 3 rings (SSSR count). The summed E-state index contributed by atoms with van der Waals surface area (Å²) in [5, 5.41) is 0. The molecule has 2 saturated carbocycles. The van der Waals surface area contributed by atoms with Gasteiger partial charge in [0.1, 0.15) is 0 Å². The van der Waals surface area contributed by atoms with E-state index in [2.05, 4.69) is 27.7 Å². The third-order valence-corrected chi connectivity index (χ3v) is 8.81. The second-order valence-corrected chi connectivity index (χ2v) is 9.47. The minimum atomic E-state index is -3.44. The van der Waals surface area contributed by atoms with Crippen LogP contribution in [-0.4, -0.2) is 30.4 Å². The van der Waals surface area contributed by atoms with Crippen LogP contribution in [0.25, 0.3) is 0 Å². The van der Waals surface area contributed by atoms with Gasteiger partial charge in [-0.1, -0.05) is 27.7 Å². The molecule has 2 bridgehead atoms. The molecule has 1 spiro atoms. The van der Waals surface area contributed by atoms with E-state index < -0.39 is 10.0 Å². The summed E-state index contributed by atoms with van der Waals surface area (Å²) in [5.41, 5.74) is -0.158. The van der Waals surface area contributed by atoms with Crippen molar-refractivity contribution in [3.8, 4) is 0 Å². The molecule has 0 N–H and O–H groups in total. The Kier molecular flexibility index (Phi) is 2.24. The molecule has 4 nitrogen and oxygen atoms in total. The van der Waals surface area contributed by atoms with Gasteiger partial charge in [-0.3, -0.25) is 4.79 Å². The van der Waals surface area contributed by atoms with E-state index in [0.29, 0.717) is 5.92 Å². The van der Waals surface area contributed by atoms with E-state index in [9.17, 15) is 13.2 Å². The van der Waals surface area contributed by atoms with E-state index >= 15 is 0 Å². The van der Waals surface area contributed by atoms with Crippen molar-refractivity contribution in [1.29, 1.82) is 0 Å². The van der Waals surface area contributed by atoms with Crippen molar-refractivity contribution in [2.24, 2.45) is 22.2 Å². The number of hydrogen-bond donors (Lipinski definition) is 0. The van der Waals surface area contributed by atoms with Gasteiger partial charge >= 0.3 is 0 Å². The average molecular weight is 285 g/mol. The molecule has 4 atom stereocenters. The van der Waals surface area contributed by atoms with Crippen LogP contribution < -0.4 is 0 Å². The molecule has 5 heteroatoms. The maximum absolute atomic E-state index is 12.4. The molecular weight excluding hydrogens is 262 g/mol. The van der Waals surface area contributed by atoms with Crippen molar-refractivity contribution in [3.63, 3.8) is 0 Å². The van der Waals surface area contributed by atoms with Gasteiger partial charge < -0.3 is 0 Å². The van der Waals surface area contributed by atoms with Crippen LogP contribution in [0.2, 0.25) is 0 Å². The third kappa shape index (κ3) is 1.17. The lowest BCUT2D eigenvalue weighted by atomic mass is 9.63. The van der Waals surface area contributed by atoms with Crippen molar-refractivity contribution < 1.29 is 13.2 Å². The van der Waals surface area contributed by atoms with Gasteiger partial charge in [-0.2, -0.15) is 0 Å². The monoisotopic (exact) mass is 285 g/mol. The molecule has 108 valence electrons. The number of sulfonamides is 1. The zero-order valence-corrected chi connectivity index (χ0v) is 13.2. The second-order valence-electron chi connectivity index (χ2n) is 7.62. The molecule has 1 heterocycles. The molecule has 0 radical (unpaired) electrons. The Hall–Kier alpha value is -0.580. The summed E-state index contributed by atoms with van der Waals surface area (Å²) in [5.74, 6) is 0.181. The van der Waals surface area contributed by atoms with E-state index in [1.54, 1.807) is 0 Å². The number of fused-ring (bicyclic) bond motifs is 1. The standard InChI is InChI=1S/C14H23NO3S/c1-9-6-13(5)7-11-14(9,12(13,3)4)8-19(17,18)15(11)10(2)16/h9,11H,6-8H2,1-5H3/t9-,11-,13-,14+/m1/s1. The van der Waals surface area contributed by atoms with E-state index in [1.165, 1.54) is 11.2 Å². The predicted octanol–water partition coefficient (Wildman–Crippen LogP) is 2.01. The number of amides is 1. The van der Waals surface area contributed by atoms with E-state index in [4.69, 9.17) is 0 Å². The first-order chi connectivity index (χ1) is 8.50. The SMILES string of the molecule is CC(=O)N1[C@@H]2C[C@@]3(C)C[C@@H](C)[C@]2(CS1(=O)=O)C3(C)C. The number of rotatable bonds is 0. The molecule has 1 saturated heterocycles. The van der Waals surface area contributed by atoms with E-state index in [1.807, 2.05) is 0 Å². The Morgan fingerprint density at radius 2 is 1.79 bits per heavy atom. The molecule has 0 aromatic carbocycles. The average Bonchev–Trinajstić information content (AvgIpc) is 2.58. The molecule has 19 heavy (non-hydrogen) atoms. The van der Waals surface area contributed by atoms with Crippen molar-refractivity contribution in [3.05, 3.63) is 0 Å². The Labute approximate surface area is 115 Å². The van der Waals surface area contributed by atoms with E-state index in [0.717, 1.165) is 12.8 Å². The fourth-order valence-electron chi connectivity index (χ4n) is 5.67. The van der Waals surface area contributed by atoms with Gasteiger partial charge in [0.25, 0.3) is 0 Å². The second kappa shape index (κ2) is 3.18. The van der Waals surface area contributed by atoms with Crippen LogP contribution in [0.4, 0.5) is 0 Å². The fourth-order valence-corrected chi connectivity index (χ4v) is 8.30. The normalized spacial score (nSPS) is 49.4. The first-order valence-electron chi connectivity index (χ1n) is 7.02. The molecule has 2 aliphatic carbocycles. The quantitative estimate of drug-likeness (QED) is 0.684. The molecular formula is C14H23NO3S. The van der Waals surface area contributed by atoms with Gasteiger partial charge in [-0.15, -0.1) is 0 Å². The summed E-state index contributed by atoms with van der Waals surface area (Å²) >= 11 is 0. The summed E-state index contributed by atoms with van der Waals surface area (Å²) in [7, 11) is -3.44. The first kappa shape index (κ1) is 13.4. The zero-order chi connectivity index (χ0) is 14.4. The molecule has 1 aliphatic heterocycles. The maximum Gasteiger partial charge on any atom is 0.238 e. The molecule has 0 aromatic rings. The molecule has 1 amide bonds. The van der Waals surface area contributed by atoms with Crippen LogP contribution in [0.15, 0.2) is 0 Å². The van der Waals surface area contributed by atoms with Gasteiger partial charge in [0.2, 0.25) is 15.9 Å². The Morgan fingerprint density at radius 3 is 2.26 bits per heavy atom. The highest BCUT2D eigenvalue weighted by Gasteiger charge is 2.78. The van der Waals surface area contributed by atoms with Crippen LogP contribution in [0.1, 0.15) is 47.5 Å². The highest BCUT2D eigenvalue weighted by atomic mass is 32.2. The maximum atomic E-state index is 12.4. The predicted molar refractivity (Wildman–Crippen MR) is 72.8 cm³/mol. The summed E-state index contributed by atoms with van der Waals surface area (Å²) in [4.78, 5) is 11.8. The molecule has 3 fully saturated rings. The lowest BCUT2D eigenvalue weighted by Crippen LogP contribution is -2.46. The van der Waals surface area contributed by atoms with Crippen LogP contribution >= 0.6 is 0 Å². The number of carbonyl (C=O) groups is 1. The highest BCUT2D eigenvalue weighted by Crippen LogP contribution is 2.77. The summed E-state index contributed by atoms with van der Waals surface area (Å²) < 4.78 is 26.1. The fraction of sp³-hybridized carbons (Fsp3) is 0.929. The zero-order valence-electron chi connectivity index (χ0n) is 12.4. The van der Waals surface area contributed by atoms with Gasteiger partial charge in [-0.25, -0.2) is 12.7 Å². The van der Waals surface area contributed by atoms with Gasteiger partial charge in [-0.05, 0) is 29.6 Å². The van der Waals surface area contributed by atoms with Crippen molar-refractivity contribution in [2.75, 3.05) is 5.75 Å². The first-order valence-corrected chi connectivity index (χ1v) is 8.63. The number of hydrogen-bond acceptors (Lipinski definition) is 3. The molecule has 0 unspecified atom stereocenters. The summed E-state index contributed by atoms with van der Waals surface area (Å²) in [6.45, 7) is 10.2. The van der Waals surface area contributed by atoms with Crippen molar-refractivity contribution >= 4 is 15.9 Å². The van der Waals surface area contributed by atoms with Crippen molar-refractivity contribution in [1.82, 2.24) is 4.31 Å². The van der Waals surface area contributed by atoms with Crippen LogP contribution in [-0.2, 0) is 14.8 Å². The minimum absolute atomic E-state index is 0.0403.